The zero-order chi connectivity index (χ0) is 14.2. The van der Waals surface area contributed by atoms with Crippen molar-refractivity contribution in [1.82, 2.24) is 4.31 Å². The number of hydrogen-bond acceptors (Lipinski definition) is 3. The normalized spacial score (nSPS) is 24.1. The van der Waals surface area contributed by atoms with E-state index in [-0.39, 0.29) is 17.0 Å². The summed E-state index contributed by atoms with van der Waals surface area (Å²) in [6, 6.07) is 4.94. The molecule has 2 atom stereocenters. The molecule has 4 nitrogen and oxygen atoms in total. The second-order valence-electron chi connectivity index (χ2n) is 4.53. The van der Waals surface area contributed by atoms with Crippen LogP contribution in [0.3, 0.4) is 0 Å². The third kappa shape index (κ3) is 3.05. The topological polar surface area (TPSA) is 46.6 Å². The Labute approximate surface area is 130 Å². The number of ether oxygens (including phenoxy) is 1. The van der Waals surface area contributed by atoms with E-state index in [9.17, 15) is 8.42 Å². The van der Waals surface area contributed by atoms with E-state index in [4.69, 9.17) is 4.74 Å². The van der Waals surface area contributed by atoms with Gasteiger partial charge >= 0.3 is 0 Å². The Kier molecular flexibility index (Phi) is 4.72. The second-order valence-corrected chi connectivity index (χ2v) is 8.26. The molecule has 0 N–H and O–H groups in total. The highest BCUT2D eigenvalue weighted by atomic mass is 79.9. The molecule has 0 saturated carbocycles. The number of likely N-dealkylation sites (N-methyl/N-ethyl adjacent to an activating group) is 1. The molecule has 0 amide bonds. The van der Waals surface area contributed by atoms with Gasteiger partial charge in [0.1, 0.15) is 0 Å². The lowest BCUT2D eigenvalue weighted by Crippen LogP contribution is -2.41. The van der Waals surface area contributed by atoms with Crippen LogP contribution in [-0.4, -0.2) is 38.5 Å². The minimum Gasteiger partial charge on any atom is -0.377 e. The highest BCUT2D eigenvalue weighted by Crippen LogP contribution is 2.30. The van der Waals surface area contributed by atoms with E-state index in [0.29, 0.717) is 11.1 Å². The minimum atomic E-state index is -3.52. The molecule has 0 aliphatic carbocycles. The Balaban J connectivity index is 2.36. The van der Waals surface area contributed by atoms with Gasteiger partial charge in [-0.25, -0.2) is 8.42 Å². The highest BCUT2D eigenvalue weighted by Gasteiger charge is 2.35. The largest absolute Gasteiger partial charge is 0.377 e. The van der Waals surface area contributed by atoms with Crippen LogP contribution in [0.5, 0.6) is 0 Å². The molecule has 0 radical (unpaired) electrons. The summed E-state index contributed by atoms with van der Waals surface area (Å²) in [6.07, 6.45) is 0.652. The van der Waals surface area contributed by atoms with Crippen LogP contribution in [0.25, 0.3) is 0 Å². The van der Waals surface area contributed by atoms with Gasteiger partial charge in [-0.05, 0) is 47.5 Å². The van der Waals surface area contributed by atoms with Crippen molar-refractivity contribution >= 4 is 41.9 Å². The van der Waals surface area contributed by atoms with Gasteiger partial charge < -0.3 is 4.74 Å². The third-order valence-electron chi connectivity index (χ3n) is 3.35. The van der Waals surface area contributed by atoms with Crippen LogP contribution >= 0.6 is 31.9 Å². The standard InChI is InChI=1S/C12H15Br2NO3S/c1-8-11(5-6-18-8)15(2)19(16,17)12-4-3-9(13)7-10(12)14/h3-4,7-8,11H,5-6H2,1-2H3. The number of halogens is 2. The van der Waals surface area contributed by atoms with Crippen molar-refractivity contribution in [3.05, 3.63) is 27.1 Å². The fourth-order valence-electron chi connectivity index (χ4n) is 2.22. The van der Waals surface area contributed by atoms with E-state index in [1.807, 2.05) is 6.92 Å². The first kappa shape index (κ1) is 15.4. The Hall–Kier alpha value is 0.0500. The number of sulfonamides is 1. The third-order valence-corrected chi connectivity index (χ3v) is 6.71. The Morgan fingerprint density at radius 3 is 2.58 bits per heavy atom. The first-order valence-electron chi connectivity index (χ1n) is 5.88. The first-order chi connectivity index (χ1) is 8.84. The van der Waals surface area contributed by atoms with Crippen molar-refractivity contribution in [2.75, 3.05) is 13.7 Å². The van der Waals surface area contributed by atoms with Crippen LogP contribution in [0.2, 0.25) is 0 Å². The van der Waals surface area contributed by atoms with E-state index >= 15 is 0 Å². The van der Waals surface area contributed by atoms with Crippen molar-refractivity contribution < 1.29 is 13.2 Å². The van der Waals surface area contributed by atoms with Gasteiger partial charge in [0.2, 0.25) is 10.0 Å². The molecule has 0 spiro atoms. The molecule has 1 fully saturated rings. The van der Waals surface area contributed by atoms with Crippen LogP contribution in [0, 0.1) is 0 Å². The summed E-state index contributed by atoms with van der Waals surface area (Å²) in [4.78, 5) is 0.275. The lowest BCUT2D eigenvalue weighted by atomic mass is 10.2. The molecule has 106 valence electrons. The first-order valence-corrected chi connectivity index (χ1v) is 8.91. The molecule has 7 heteroatoms. The number of nitrogens with zero attached hydrogens (tertiary/aromatic N) is 1. The van der Waals surface area contributed by atoms with Gasteiger partial charge in [0, 0.05) is 22.6 Å². The number of rotatable bonds is 3. The smallest absolute Gasteiger partial charge is 0.244 e. The highest BCUT2D eigenvalue weighted by molar-refractivity contribution is 9.11. The maximum atomic E-state index is 12.6. The number of hydrogen-bond donors (Lipinski definition) is 0. The Morgan fingerprint density at radius 2 is 2.05 bits per heavy atom. The predicted molar refractivity (Wildman–Crippen MR) is 80.6 cm³/mol. The summed E-state index contributed by atoms with van der Waals surface area (Å²) in [5, 5.41) is 0. The van der Waals surface area contributed by atoms with Gasteiger partial charge in [0.15, 0.2) is 0 Å². The van der Waals surface area contributed by atoms with Crippen molar-refractivity contribution in [3.63, 3.8) is 0 Å². The average molecular weight is 413 g/mol. The van der Waals surface area contributed by atoms with Crippen LogP contribution in [0.4, 0.5) is 0 Å². The quantitative estimate of drug-likeness (QED) is 0.766. The second kappa shape index (κ2) is 5.81. The molecular formula is C12H15Br2NO3S. The lowest BCUT2D eigenvalue weighted by Gasteiger charge is -2.26. The van der Waals surface area contributed by atoms with E-state index in [2.05, 4.69) is 31.9 Å². The van der Waals surface area contributed by atoms with Crippen LogP contribution in [-0.2, 0) is 14.8 Å². The molecular weight excluding hydrogens is 398 g/mol. The van der Waals surface area contributed by atoms with Crippen LogP contribution < -0.4 is 0 Å². The fraction of sp³-hybridized carbons (Fsp3) is 0.500. The SMILES string of the molecule is CC1OCCC1N(C)S(=O)(=O)c1ccc(Br)cc1Br. The summed E-state index contributed by atoms with van der Waals surface area (Å²) in [5.41, 5.74) is 0. The van der Waals surface area contributed by atoms with Crippen molar-refractivity contribution in [1.29, 1.82) is 0 Å². The van der Waals surface area contributed by atoms with Gasteiger partial charge in [-0.15, -0.1) is 0 Å². The molecule has 19 heavy (non-hydrogen) atoms. The van der Waals surface area contributed by atoms with Gasteiger partial charge in [-0.3, -0.25) is 0 Å². The summed E-state index contributed by atoms with van der Waals surface area (Å²) >= 11 is 6.63. The number of benzene rings is 1. The Bertz CT molecular complexity index is 576. The average Bonchev–Trinajstić information content (AvgIpc) is 2.73. The Morgan fingerprint density at radius 1 is 1.37 bits per heavy atom. The summed E-state index contributed by atoms with van der Waals surface area (Å²) in [7, 11) is -1.91. The molecule has 1 aromatic carbocycles. The fourth-order valence-corrected chi connectivity index (χ4v) is 5.37. The molecule has 1 aromatic rings. The maximum Gasteiger partial charge on any atom is 0.244 e. The molecule has 0 aromatic heterocycles. The maximum absolute atomic E-state index is 12.6. The monoisotopic (exact) mass is 411 g/mol. The lowest BCUT2D eigenvalue weighted by molar-refractivity contribution is 0.102. The molecule has 2 unspecified atom stereocenters. The van der Waals surface area contributed by atoms with Crippen LogP contribution in [0.15, 0.2) is 32.0 Å². The van der Waals surface area contributed by atoms with Gasteiger partial charge in [-0.1, -0.05) is 15.9 Å². The van der Waals surface area contributed by atoms with Crippen molar-refractivity contribution in [3.8, 4) is 0 Å². The molecule has 1 heterocycles. The molecule has 0 bridgehead atoms. The van der Waals surface area contributed by atoms with Crippen LogP contribution in [0.1, 0.15) is 13.3 Å². The summed E-state index contributed by atoms with van der Waals surface area (Å²) in [6.45, 7) is 2.51. The van der Waals surface area contributed by atoms with E-state index in [0.717, 1.165) is 10.9 Å². The van der Waals surface area contributed by atoms with Gasteiger partial charge in [-0.2, -0.15) is 4.31 Å². The molecule has 1 aliphatic heterocycles. The summed E-state index contributed by atoms with van der Waals surface area (Å²) < 4.78 is 33.5. The van der Waals surface area contributed by atoms with Crippen molar-refractivity contribution in [2.45, 2.75) is 30.4 Å². The van der Waals surface area contributed by atoms with E-state index in [1.165, 1.54) is 4.31 Å². The van der Waals surface area contributed by atoms with E-state index < -0.39 is 10.0 Å². The minimum absolute atomic E-state index is 0.0750. The van der Waals surface area contributed by atoms with Gasteiger partial charge in [0.25, 0.3) is 0 Å². The van der Waals surface area contributed by atoms with Crippen molar-refractivity contribution in [2.24, 2.45) is 0 Å². The molecule has 1 saturated heterocycles. The molecule has 1 aliphatic rings. The summed E-state index contributed by atoms with van der Waals surface area (Å²) in [5.74, 6) is 0. The zero-order valence-electron chi connectivity index (χ0n) is 10.6. The van der Waals surface area contributed by atoms with E-state index in [1.54, 1.807) is 25.2 Å². The zero-order valence-corrected chi connectivity index (χ0v) is 14.6. The van der Waals surface area contributed by atoms with Gasteiger partial charge in [0.05, 0.1) is 17.0 Å². The predicted octanol–water partition coefficient (Wildman–Crippen LogP) is 3.01. The molecule has 2 rings (SSSR count).